The van der Waals surface area contributed by atoms with Gasteiger partial charge >= 0.3 is 11.9 Å². The number of rotatable bonds is 6. The summed E-state index contributed by atoms with van der Waals surface area (Å²) in [5.41, 5.74) is -2.35. The third kappa shape index (κ3) is 2.46. The maximum atomic E-state index is 11.5. The number of allylic oxidation sites excluding steroid dienone is 1. The van der Waals surface area contributed by atoms with E-state index in [1.165, 1.54) is 30.4 Å². The van der Waals surface area contributed by atoms with Crippen LogP contribution in [0.3, 0.4) is 0 Å². The topological polar surface area (TPSA) is 87.1 Å². The molecule has 2 aliphatic rings. The summed E-state index contributed by atoms with van der Waals surface area (Å²) in [4.78, 5) is 22.8. The van der Waals surface area contributed by atoms with Crippen LogP contribution in [0, 0.1) is 10.8 Å². The maximum absolute atomic E-state index is 11.5. The Morgan fingerprint density at radius 2 is 1.68 bits per heavy atom. The number of hydrogen-bond acceptors (Lipinski definition) is 3. The van der Waals surface area contributed by atoms with Crippen LogP contribution < -0.4 is 0 Å². The van der Waals surface area contributed by atoms with Gasteiger partial charge in [0, 0.05) is 0 Å². The first kappa shape index (κ1) is 13.5. The van der Waals surface area contributed by atoms with Gasteiger partial charge < -0.3 is 14.9 Å². The quantitative estimate of drug-likeness (QED) is 0.562. The molecule has 0 radical (unpaired) electrons. The lowest BCUT2D eigenvalue weighted by Gasteiger charge is -2.31. The van der Waals surface area contributed by atoms with Crippen molar-refractivity contribution in [3.05, 3.63) is 37.0 Å². The van der Waals surface area contributed by atoms with Crippen LogP contribution in [0.4, 0.5) is 0 Å². The van der Waals surface area contributed by atoms with Crippen molar-refractivity contribution >= 4 is 11.9 Å². The van der Waals surface area contributed by atoms with Crippen molar-refractivity contribution in [1.82, 2.24) is 0 Å². The highest BCUT2D eigenvalue weighted by atomic mass is 16.6. The van der Waals surface area contributed by atoms with Crippen LogP contribution in [0.15, 0.2) is 37.0 Å². The van der Waals surface area contributed by atoms with Crippen LogP contribution >= 0.6 is 0 Å². The van der Waals surface area contributed by atoms with E-state index in [1.54, 1.807) is 0 Å². The summed E-state index contributed by atoms with van der Waals surface area (Å²) in [7, 11) is 0. The van der Waals surface area contributed by atoms with Crippen molar-refractivity contribution < 1.29 is 24.5 Å². The van der Waals surface area contributed by atoms with Crippen LogP contribution in [0.2, 0.25) is 0 Å². The van der Waals surface area contributed by atoms with Gasteiger partial charge in [0.1, 0.15) is 10.8 Å². The Balaban J connectivity index is 2.29. The molecule has 19 heavy (non-hydrogen) atoms. The molecule has 5 nitrogen and oxygen atoms in total. The van der Waals surface area contributed by atoms with Gasteiger partial charge in [-0.3, -0.25) is 9.59 Å². The Hall–Kier alpha value is -1.88. The van der Waals surface area contributed by atoms with E-state index in [-0.39, 0.29) is 12.5 Å². The number of carbonyl (C=O) groups is 2. The lowest BCUT2D eigenvalue weighted by molar-refractivity contribution is -0.146. The maximum Gasteiger partial charge on any atom is 0.317 e. The summed E-state index contributed by atoms with van der Waals surface area (Å²) in [6.45, 7) is 4.11. The van der Waals surface area contributed by atoms with Gasteiger partial charge in [0.05, 0.1) is 12.7 Å². The highest BCUT2D eigenvalue weighted by Crippen LogP contribution is 2.41. The molecule has 0 bridgehead atoms. The molecular formula is C14H16O5. The lowest BCUT2D eigenvalue weighted by Crippen LogP contribution is -2.35. The van der Waals surface area contributed by atoms with E-state index in [4.69, 9.17) is 4.74 Å². The molecule has 1 fully saturated rings. The van der Waals surface area contributed by atoms with E-state index in [0.29, 0.717) is 13.0 Å². The lowest BCUT2D eigenvalue weighted by atomic mass is 9.71. The number of epoxide rings is 1. The molecule has 1 atom stereocenters. The molecule has 1 aliphatic heterocycles. The second-order valence-corrected chi connectivity index (χ2v) is 5.01. The molecule has 2 rings (SSSR count). The van der Waals surface area contributed by atoms with Gasteiger partial charge in [-0.15, -0.1) is 6.58 Å². The molecule has 0 saturated carbocycles. The van der Waals surface area contributed by atoms with Gasteiger partial charge in [0.2, 0.25) is 0 Å². The van der Waals surface area contributed by atoms with Crippen LogP contribution in [0.5, 0.6) is 0 Å². The van der Waals surface area contributed by atoms with E-state index in [9.17, 15) is 19.8 Å². The van der Waals surface area contributed by atoms with E-state index in [2.05, 4.69) is 6.58 Å². The van der Waals surface area contributed by atoms with Crippen molar-refractivity contribution in [3.63, 3.8) is 0 Å². The normalized spacial score (nSPS) is 35.9. The molecule has 1 saturated heterocycles. The average Bonchev–Trinajstić information content (AvgIpc) is 3.15. The minimum Gasteiger partial charge on any atom is -0.480 e. The van der Waals surface area contributed by atoms with Crippen molar-refractivity contribution in [2.45, 2.75) is 18.9 Å². The molecule has 0 aromatic rings. The average molecular weight is 264 g/mol. The number of ether oxygens (including phenoxy) is 1. The van der Waals surface area contributed by atoms with Gasteiger partial charge in [-0.25, -0.2) is 0 Å². The Kier molecular flexibility index (Phi) is 3.32. The van der Waals surface area contributed by atoms with Crippen LogP contribution in [-0.2, 0) is 14.3 Å². The van der Waals surface area contributed by atoms with Crippen LogP contribution in [0.25, 0.3) is 0 Å². The zero-order valence-electron chi connectivity index (χ0n) is 10.4. The Morgan fingerprint density at radius 1 is 1.21 bits per heavy atom. The summed E-state index contributed by atoms with van der Waals surface area (Å²) < 4.78 is 5.07. The molecule has 1 unspecified atom stereocenters. The number of hydrogen-bond donors (Lipinski definition) is 2. The molecular weight excluding hydrogens is 248 g/mol. The summed E-state index contributed by atoms with van der Waals surface area (Å²) in [5, 5.41) is 18.7. The number of carboxylic acid groups (broad SMARTS) is 2. The van der Waals surface area contributed by atoms with Gasteiger partial charge in [-0.1, -0.05) is 30.4 Å². The first-order valence-corrected chi connectivity index (χ1v) is 6.04. The minimum absolute atomic E-state index is 0.0536. The first-order valence-electron chi connectivity index (χ1n) is 6.04. The Bertz CT molecular complexity index is 456. The van der Waals surface area contributed by atoms with E-state index >= 15 is 0 Å². The zero-order valence-corrected chi connectivity index (χ0v) is 10.4. The van der Waals surface area contributed by atoms with Crippen molar-refractivity contribution in [2.24, 2.45) is 10.8 Å². The third-order valence-corrected chi connectivity index (χ3v) is 3.60. The fourth-order valence-electron chi connectivity index (χ4n) is 2.24. The molecule has 0 spiro atoms. The standard InChI is InChI=1S/C14H16O5/c1-2-3-13(11(15)16)4-6-14(7-5-13,12(17)18)8-10-9-19-10/h2,4-7,10H,1,3,8-9H2,(H,15,16)(H,17,18). The van der Waals surface area contributed by atoms with Crippen molar-refractivity contribution in [2.75, 3.05) is 6.61 Å². The molecule has 0 amide bonds. The van der Waals surface area contributed by atoms with Crippen LogP contribution in [-0.4, -0.2) is 34.9 Å². The Morgan fingerprint density at radius 3 is 2.05 bits per heavy atom. The van der Waals surface area contributed by atoms with E-state index in [0.717, 1.165) is 0 Å². The fraction of sp³-hybridized carbons (Fsp3) is 0.429. The highest BCUT2D eigenvalue weighted by molar-refractivity contribution is 5.85. The van der Waals surface area contributed by atoms with Gasteiger partial charge in [-0.2, -0.15) is 0 Å². The zero-order chi connectivity index (χ0) is 14.1. The summed E-state index contributed by atoms with van der Waals surface area (Å²) in [6, 6.07) is 0. The fourth-order valence-corrected chi connectivity index (χ4v) is 2.24. The molecule has 0 aromatic heterocycles. The molecule has 1 heterocycles. The van der Waals surface area contributed by atoms with Gasteiger partial charge in [0.15, 0.2) is 0 Å². The summed E-state index contributed by atoms with van der Waals surface area (Å²) in [5.74, 6) is -2.00. The minimum atomic E-state index is -1.19. The summed E-state index contributed by atoms with van der Waals surface area (Å²) >= 11 is 0. The molecule has 1 aliphatic carbocycles. The smallest absolute Gasteiger partial charge is 0.317 e. The predicted molar refractivity (Wildman–Crippen MR) is 67.6 cm³/mol. The Labute approximate surface area is 110 Å². The third-order valence-electron chi connectivity index (χ3n) is 3.60. The second-order valence-electron chi connectivity index (χ2n) is 5.01. The van der Waals surface area contributed by atoms with Crippen molar-refractivity contribution in [1.29, 1.82) is 0 Å². The predicted octanol–water partition coefficient (Wildman–Crippen LogP) is 1.62. The molecule has 102 valence electrons. The van der Waals surface area contributed by atoms with E-state index < -0.39 is 22.8 Å². The van der Waals surface area contributed by atoms with E-state index in [1.807, 2.05) is 0 Å². The summed E-state index contributed by atoms with van der Waals surface area (Å²) in [6.07, 6.45) is 7.86. The number of aliphatic carboxylic acids is 2. The number of carboxylic acids is 2. The van der Waals surface area contributed by atoms with Crippen LogP contribution in [0.1, 0.15) is 12.8 Å². The monoisotopic (exact) mass is 264 g/mol. The second kappa shape index (κ2) is 4.66. The largest absolute Gasteiger partial charge is 0.480 e. The van der Waals surface area contributed by atoms with Gasteiger partial charge in [0.25, 0.3) is 0 Å². The first-order chi connectivity index (χ1) is 8.94. The van der Waals surface area contributed by atoms with Gasteiger partial charge in [-0.05, 0) is 12.8 Å². The molecule has 2 N–H and O–H groups in total. The van der Waals surface area contributed by atoms with Crippen molar-refractivity contribution in [3.8, 4) is 0 Å². The molecule has 5 heteroatoms. The SMILES string of the molecule is C=CCC1(C(=O)O)C=CC(CC2CO2)(C(=O)O)C=C1. The molecule has 0 aromatic carbocycles. The highest BCUT2D eigenvalue weighted by Gasteiger charge is 2.45.